The number of rotatable bonds is 9. The quantitative estimate of drug-likeness (QED) is 0.732. The summed E-state index contributed by atoms with van der Waals surface area (Å²) in [7, 11) is 1.87. The molecule has 118 valence electrons. The first-order chi connectivity index (χ1) is 10.1. The molecule has 4 heteroatoms. The molecule has 1 amide bonds. The van der Waals surface area contributed by atoms with Crippen LogP contribution in [0.15, 0.2) is 30.3 Å². The third-order valence-corrected chi connectivity index (χ3v) is 3.87. The van der Waals surface area contributed by atoms with E-state index in [1.807, 2.05) is 20.0 Å². The zero-order chi connectivity index (χ0) is 15.7. The van der Waals surface area contributed by atoms with E-state index in [1.54, 1.807) is 0 Å². The summed E-state index contributed by atoms with van der Waals surface area (Å²) >= 11 is 0. The standard InChI is InChI=1S/C17H29N3O/c1-5-20(6-2)16(15-10-8-7-9-11-15)13-19-17(21)14(3)12-18-4/h7-11,14,16,18H,5-6,12-13H2,1-4H3,(H,19,21). The molecule has 0 bridgehead atoms. The van der Waals surface area contributed by atoms with Gasteiger partial charge in [-0.05, 0) is 25.7 Å². The molecule has 0 aliphatic heterocycles. The fraction of sp³-hybridized carbons (Fsp3) is 0.588. The minimum atomic E-state index is -0.0110. The maximum Gasteiger partial charge on any atom is 0.224 e. The molecule has 0 aliphatic rings. The Balaban J connectivity index is 2.72. The van der Waals surface area contributed by atoms with Gasteiger partial charge in [-0.3, -0.25) is 9.69 Å². The zero-order valence-electron chi connectivity index (χ0n) is 13.7. The second-order valence-corrected chi connectivity index (χ2v) is 5.35. The minimum absolute atomic E-state index is 0.0110. The molecule has 2 N–H and O–H groups in total. The summed E-state index contributed by atoms with van der Waals surface area (Å²) in [5.74, 6) is 0.0977. The number of carbonyl (C=O) groups excluding carboxylic acids is 1. The molecular weight excluding hydrogens is 262 g/mol. The van der Waals surface area contributed by atoms with E-state index in [0.29, 0.717) is 13.1 Å². The average molecular weight is 291 g/mol. The van der Waals surface area contributed by atoms with Crippen molar-refractivity contribution in [3.8, 4) is 0 Å². The number of hydrogen-bond acceptors (Lipinski definition) is 3. The Bertz CT molecular complexity index is 404. The van der Waals surface area contributed by atoms with Crippen LogP contribution in [-0.4, -0.2) is 44.0 Å². The predicted octanol–water partition coefficient (Wildman–Crippen LogP) is 2.04. The van der Waals surface area contributed by atoms with E-state index in [1.165, 1.54) is 5.56 Å². The van der Waals surface area contributed by atoms with Gasteiger partial charge in [-0.15, -0.1) is 0 Å². The van der Waals surface area contributed by atoms with E-state index in [4.69, 9.17) is 0 Å². The molecule has 4 nitrogen and oxygen atoms in total. The van der Waals surface area contributed by atoms with Crippen molar-refractivity contribution in [2.75, 3.05) is 33.2 Å². The van der Waals surface area contributed by atoms with Gasteiger partial charge in [0.1, 0.15) is 0 Å². The van der Waals surface area contributed by atoms with Crippen molar-refractivity contribution in [2.45, 2.75) is 26.8 Å². The Morgan fingerprint density at radius 2 is 1.76 bits per heavy atom. The number of amides is 1. The van der Waals surface area contributed by atoms with E-state index in [2.05, 4.69) is 53.6 Å². The van der Waals surface area contributed by atoms with Crippen LogP contribution in [-0.2, 0) is 4.79 Å². The van der Waals surface area contributed by atoms with Crippen molar-refractivity contribution in [1.82, 2.24) is 15.5 Å². The molecule has 2 atom stereocenters. The van der Waals surface area contributed by atoms with Crippen molar-refractivity contribution in [3.63, 3.8) is 0 Å². The SMILES string of the molecule is CCN(CC)C(CNC(=O)C(C)CNC)c1ccccc1. The van der Waals surface area contributed by atoms with Gasteiger partial charge in [-0.1, -0.05) is 51.1 Å². The highest BCUT2D eigenvalue weighted by Gasteiger charge is 2.20. The van der Waals surface area contributed by atoms with Crippen LogP contribution in [0.2, 0.25) is 0 Å². The summed E-state index contributed by atoms with van der Waals surface area (Å²) in [6.45, 7) is 9.55. The second kappa shape index (κ2) is 9.53. The first-order valence-corrected chi connectivity index (χ1v) is 7.85. The second-order valence-electron chi connectivity index (χ2n) is 5.35. The lowest BCUT2D eigenvalue weighted by molar-refractivity contribution is -0.124. The maximum atomic E-state index is 12.1. The Hall–Kier alpha value is -1.39. The Kier molecular flexibility index (Phi) is 8.01. The Labute approximate surface area is 128 Å². The van der Waals surface area contributed by atoms with E-state index >= 15 is 0 Å². The molecule has 1 aromatic rings. The van der Waals surface area contributed by atoms with Crippen LogP contribution >= 0.6 is 0 Å². The van der Waals surface area contributed by atoms with Crippen molar-refractivity contribution < 1.29 is 4.79 Å². The maximum absolute atomic E-state index is 12.1. The fourth-order valence-electron chi connectivity index (χ4n) is 2.57. The summed E-state index contributed by atoms with van der Waals surface area (Å²) < 4.78 is 0. The largest absolute Gasteiger partial charge is 0.354 e. The highest BCUT2D eigenvalue weighted by atomic mass is 16.1. The molecule has 0 spiro atoms. The summed E-state index contributed by atoms with van der Waals surface area (Å²) in [6, 6.07) is 10.6. The minimum Gasteiger partial charge on any atom is -0.354 e. The van der Waals surface area contributed by atoms with Gasteiger partial charge in [-0.25, -0.2) is 0 Å². The molecule has 0 saturated heterocycles. The highest BCUT2D eigenvalue weighted by Crippen LogP contribution is 2.19. The monoisotopic (exact) mass is 291 g/mol. The summed E-state index contributed by atoms with van der Waals surface area (Å²) in [5, 5.41) is 6.14. The number of hydrogen-bond donors (Lipinski definition) is 2. The highest BCUT2D eigenvalue weighted by molar-refractivity contribution is 5.78. The predicted molar refractivity (Wildman–Crippen MR) is 88.2 cm³/mol. The van der Waals surface area contributed by atoms with E-state index < -0.39 is 0 Å². The van der Waals surface area contributed by atoms with Crippen LogP contribution in [0.25, 0.3) is 0 Å². The Morgan fingerprint density at radius 1 is 1.14 bits per heavy atom. The smallest absolute Gasteiger partial charge is 0.224 e. The molecule has 1 rings (SSSR count). The van der Waals surface area contributed by atoms with Crippen LogP contribution in [0.3, 0.4) is 0 Å². The van der Waals surface area contributed by atoms with E-state index in [-0.39, 0.29) is 17.9 Å². The molecule has 0 heterocycles. The van der Waals surface area contributed by atoms with Crippen molar-refractivity contribution in [1.29, 1.82) is 0 Å². The Morgan fingerprint density at radius 3 is 2.29 bits per heavy atom. The summed E-state index contributed by atoms with van der Waals surface area (Å²) in [4.78, 5) is 14.5. The first-order valence-electron chi connectivity index (χ1n) is 7.85. The van der Waals surface area contributed by atoms with Gasteiger partial charge in [0, 0.05) is 19.0 Å². The van der Waals surface area contributed by atoms with Crippen LogP contribution in [0.4, 0.5) is 0 Å². The van der Waals surface area contributed by atoms with Crippen LogP contribution in [0.5, 0.6) is 0 Å². The lowest BCUT2D eigenvalue weighted by Gasteiger charge is -2.30. The van der Waals surface area contributed by atoms with E-state index in [0.717, 1.165) is 13.1 Å². The molecule has 21 heavy (non-hydrogen) atoms. The normalized spacial score (nSPS) is 14.0. The van der Waals surface area contributed by atoms with Gasteiger partial charge in [0.2, 0.25) is 5.91 Å². The lowest BCUT2D eigenvalue weighted by Crippen LogP contribution is -2.41. The zero-order valence-corrected chi connectivity index (χ0v) is 13.7. The van der Waals surface area contributed by atoms with E-state index in [9.17, 15) is 4.79 Å². The molecule has 0 aliphatic carbocycles. The van der Waals surface area contributed by atoms with Gasteiger partial charge in [0.25, 0.3) is 0 Å². The van der Waals surface area contributed by atoms with Gasteiger partial charge < -0.3 is 10.6 Å². The third kappa shape index (κ3) is 5.48. The van der Waals surface area contributed by atoms with Gasteiger partial charge >= 0.3 is 0 Å². The first kappa shape index (κ1) is 17.7. The summed E-state index contributed by atoms with van der Waals surface area (Å²) in [5.41, 5.74) is 1.25. The molecular formula is C17H29N3O. The van der Waals surface area contributed by atoms with Gasteiger partial charge in [-0.2, -0.15) is 0 Å². The fourth-order valence-corrected chi connectivity index (χ4v) is 2.57. The number of benzene rings is 1. The summed E-state index contributed by atoms with van der Waals surface area (Å²) in [6.07, 6.45) is 0. The van der Waals surface area contributed by atoms with Gasteiger partial charge in [0.15, 0.2) is 0 Å². The molecule has 2 unspecified atom stereocenters. The van der Waals surface area contributed by atoms with Crippen LogP contribution < -0.4 is 10.6 Å². The number of nitrogens with one attached hydrogen (secondary N) is 2. The molecule has 0 radical (unpaired) electrons. The lowest BCUT2D eigenvalue weighted by atomic mass is 10.0. The number of carbonyl (C=O) groups is 1. The van der Waals surface area contributed by atoms with Crippen molar-refractivity contribution in [2.24, 2.45) is 5.92 Å². The molecule has 0 fully saturated rings. The van der Waals surface area contributed by atoms with Crippen molar-refractivity contribution in [3.05, 3.63) is 35.9 Å². The van der Waals surface area contributed by atoms with Crippen molar-refractivity contribution >= 4 is 5.91 Å². The number of likely N-dealkylation sites (N-methyl/N-ethyl adjacent to an activating group) is 1. The topological polar surface area (TPSA) is 44.4 Å². The van der Waals surface area contributed by atoms with Crippen LogP contribution in [0.1, 0.15) is 32.4 Å². The molecule has 1 aromatic carbocycles. The van der Waals surface area contributed by atoms with Gasteiger partial charge in [0.05, 0.1) is 6.04 Å². The molecule has 0 aromatic heterocycles. The number of nitrogens with zero attached hydrogens (tertiary/aromatic N) is 1. The average Bonchev–Trinajstić information content (AvgIpc) is 2.52. The van der Waals surface area contributed by atoms with Crippen LogP contribution in [0, 0.1) is 5.92 Å². The molecule has 0 saturated carbocycles. The third-order valence-electron chi connectivity index (χ3n) is 3.87.